The number of carbonyl (C=O) groups excluding carboxylic acids is 2. The molecule has 2 rings (SSSR count). The van der Waals surface area contributed by atoms with Crippen LogP contribution in [0.4, 0.5) is 4.79 Å². The average molecular weight is 275 g/mol. The SMILES string of the molecule is CC(=O)NC1CN(C(=O)N2CCS(=O)(=O)CC2)C1. The van der Waals surface area contributed by atoms with Gasteiger partial charge in [0.2, 0.25) is 5.91 Å². The van der Waals surface area contributed by atoms with E-state index >= 15 is 0 Å². The summed E-state index contributed by atoms with van der Waals surface area (Å²) in [6.45, 7) is 2.98. The van der Waals surface area contributed by atoms with Crippen LogP contribution in [0.5, 0.6) is 0 Å². The standard InChI is InChI=1S/C10H17N3O4S/c1-8(14)11-9-6-13(7-9)10(15)12-2-4-18(16,17)5-3-12/h9H,2-7H2,1H3,(H,11,14). The third-order valence-corrected chi connectivity index (χ3v) is 4.78. The molecule has 2 heterocycles. The lowest BCUT2D eigenvalue weighted by atomic mass is 10.1. The lowest BCUT2D eigenvalue weighted by Crippen LogP contribution is -2.64. The van der Waals surface area contributed by atoms with Crippen molar-refractivity contribution in [3.8, 4) is 0 Å². The van der Waals surface area contributed by atoms with Gasteiger partial charge in [-0.1, -0.05) is 0 Å². The molecule has 0 aromatic rings. The third-order valence-electron chi connectivity index (χ3n) is 3.17. The van der Waals surface area contributed by atoms with Crippen molar-refractivity contribution < 1.29 is 18.0 Å². The molecule has 0 unspecified atom stereocenters. The van der Waals surface area contributed by atoms with Crippen molar-refractivity contribution in [1.82, 2.24) is 15.1 Å². The Labute approximate surface area is 106 Å². The molecule has 2 saturated heterocycles. The second-order valence-corrected chi connectivity index (χ2v) is 7.03. The van der Waals surface area contributed by atoms with E-state index in [1.165, 1.54) is 6.92 Å². The number of hydrogen-bond donors (Lipinski definition) is 1. The Morgan fingerprint density at radius 1 is 1.11 bits per heavy atom. The molecular weight excluding hydrogens is 258 g/mol. The smallest absolute Gasteiger partial charge is 0.320 e. The van der Waals surface area contributed by atoms with Crippen molar-refractivity contribution in [3.63, 3.8) is 0 Å². The fourth-order valence-electron chi connectivity index (χ4n) is 2.12. The zero-order chi connectivity index (χ0) is 13.3. The van der Waals surface area contributed by atoms with Crippen molar-refractivity contribution in [3.05, 3.63) is 0 Å². The second-order valence-electron chi connectivity index (χ2n) is 4.72. The zero-order valence-electron chi connectivity index (χ0n) is 10.3. The Hall–Kier alpha value is -1.31. The maximum atomic E-state index is 12.0. The molecule has 3 amide bonds. The van der Waals surface area contributed by atoms with Crippen LogP contribution in [0, 0.1) is 0 Å². The quantitative estimate of drug-likeness (QED) is 0.641. The number of likely N-dealkylation sites (tertiary alicyclic amines) is 1. The number of urea groups is 1. The van der Waals surface area contributed by atoms with Crippen molar-refractivity contribution in [2.75, 3.05) is 37.7 Å². The van der Waals surface area contributed by atoms with Gasteiger partial charge in [0.1, 0.15) is 0 Å². The van der Waals surface area contributed by atoms with E-state index in [4.69, 9.17) is 0 Å². The van der Waals surface area contributed by atoms with Gasteiger partial charge in [0.15, 0.2) is 9.84 Å². The van der Waals surface area contributed by atoms with E-state index in [-0.39, 0.29) is 42.6 Å². The van der Waals surface area contributed by atoms with E-state index in [9.17, 15) is 18.0 Å². The maximum Gasteiger partial charge on any atom is 0.320 e. The van der Waals surface area contributed by atoms with Crippen molar-refractivity contribution >= 4 is 21.8 Å². The molecule has 0 saturated carbocycles. The molecule has 7 nitrogen and oxygen atoms in total. The largest absolute Gasteiger partial charge is 0.350 e. The molecule has 2 aliphatic rings. The molecule has 8 heteroatoms. The van der Waals surface area contributed by atoms with Crippen molar-refractivity contribution in [2.45, 2.75) is 13.0 Å². The summed E-state index contributed by atoms with van der Waals surface area (Å²) in [5.74, 6) is -0.0141. The van der Waals surface area contributed by atoms with E-state index in [0.29, 0.717) is 13.1 Å². The second kappa shape index (κ2) is 4.75. The van der Waals surface area contributed by atoms with Gasteiger partial charge in [0, 0.05) is 33.1 Å². The summed E-state index contributed by atoms with van der Waals surface area (Å²) in [5.41, 5.74) is 0. The highest BCUT2D eigenvalue weighted by molar-refractivity contribution is 7.91. The predicted molar refractivity (Wildman–Crippen MR) is 64.8 cm³/mol. The van der Waals surface area contributed by atoms with E-state index in [1.807, 2.05) is 0 Å². The summed E-state index contributed by atoms with van der Waals surface area (Å²) in [7, 11) is -2.96. The number of nitrogens with one attached hydrogen (secondary N) is 1. The van der Waals surface area contributed by atoms with E-state index in [0.717, 1.165) is 0 Å². The van der Waals surface area contributed by atoms with Crippen LogP contribution in [0.2, 0.25) is 0 Å². The Kier molecular flexibility index (Phi) is 3.47. The van der Waals surface area contributed by atoms with Gasteiger partial charge in [-0.15, -0.1) is 0 Å². The first-order valence-corrected chi connectivity index (χ1v) is 7.71. The molecule has 102 valence electrons. The number of amides is 3. The fourth-order valence-corrected chi connectivity index (χ4v) is 3.32. The summed E-state index contributed by atoms with van der Waals surface area (Å²) in [4.78, 5) is 26.0. The summed E-state index contributed by atoms with van der Waals surface area (Å²) in [5, 5.41) is 2.73. The first-order chi connectivity index (χ1) is 8.37. The molecule has 0 aromatic heterocycles. The third kappa shape index (κ3) is 2.92. The highest BCUT2D eigenvalue weighted by atomic mass is 32.2. The van der Waals surface area contributed by atoms with Gasteiger partial charge in [-0.25, -0.2) is 13.2 Å². The van der Waals surface area contributed by atoms with Crippen molar-refractivity contribution in [2.24, 2.45) is 0 Å². The molecule has 2 fully saturated rings. The highest BCUT2D eigenvalue weighted by Gasteiger charge is 2.35. The van der Waals surface area contributed by atoms with Gasteiger partial charge < -0.3 is 15.1 Å². The number of rotatable bonds is 1. The molecular formula is C10H17N3O4S. The first kappa shape index (κ1) is 13.1. The van der Waals surface area contributed by atoms with Crippen LogP contribution in [0.3, 0.4) is 0 Å². The van der Waals surface area contributed by atoms with Crippen molar-refractivity contribution in [1.29, 1.82) is 0 Å². The topological polar surface area (TPSA) is 86.8 Å². The van der Waals surface area contributed by atoms with Gasteiger partial charge in [-0.05, 0) is 0 Å². The number of nitrogens with zero attached hydrogens (tertiary/aromatic N) is 2. The Morgan fingerprint density at radius 3 is 2.17 bits per heavy atom. The Bertz CT molecular complexity index is 442. The van der Waals surface area contributed by atoms with Crippen LogP contribution in [-0.2, 0) is 14.6 Å². The summed E-state index contributed by atoms with van der Waals surface area (Å²) in [6, 6.07) is -0.105. The lowest BCUT2D eigenvalue weighted by molar-refractivity contribution is -0.120. The van der Waals surface area contributed by atoms with Gasteiger partial charge in [-0.2, -0.15) is 0 Å². The minimum absolute atomic E-state index is 0.0278. The van der Waals surface area contributed by atoms with Crippen LogP contribution < -0.4 is 5.32 Å². The molecule has 18 heavy (non-hydrogen) atoms. The predicted octanol–water partition coefficient (Wildman–Crippen LogP) is -1.34. The van der Waals surface area contributed by atoms with Gasteiger partial charge >= 0.3 is 6.03 Å². The van der Waals surface area contributed by atoms with Crippen LogP contribution in [0.25, 0.3) is 0 Å². The maximum absolute atomic E-state index is 12.0. The molecule has 0 spiro atoms. The van der Waals surface area contributed by atoms with Crippen LogP contribution in [0.15, 0.2) is 0 Å². The van der Waals surface area contributed by atoms with Crippen LogP contribution in [0.1, 0.15) is 6.92 Å². The molecule has 1 N–H and O–H groups in total. The first-order valence-electron chi connectivity index (χ1n) is 5.89. The number of hydrogen-bond acceptors (Lipinski definition) is 4. The molecule has 0 aromatic carbocycles. The zero-order valence-corrected chi connectivity index (χ0v) is 11.1. The monoisotopic (exact) mass is 275 g/mol. The lowest BCUT2D eigenvalue weighted by Gasteiger charge is -2.42. The highest BCUT2D eigenvalue weighted by Crippen LogP contribution is 2.13. The van der Waals surface area contributed by atoms with Crippen LogP contribution in [-0.4, -0.2) is 73.9 Å². The van der Waals surface area contributed by atoms with Gasteiger partial charge in [-0.3, -0.25) is 4.79 Å². The van der Waals surface area contributed by atoms with Gasteiger partial charge in [0.25, 0.3) is 0 Å². The normalized spacial score (nSPS) is 23.4. The number of carbonyl (C=O) groups is 2. The molecule has 2 aliphatic heterocycles. The summed E-state index contributed by atoms with van der Waals surface area (Å²) >= 11 is 0. The molecule has 0 radical (unpaired) electrons. The van der Waals surface area contributed by atoms with Crippen LogP contribution >= 0.6 is 0 Å². The average Bonchev–Trinajstić information content (AvgIpc) is 2.21. The van der Waals surface area contributed by atoms with E-state index in [1.54, 1.807) is 9.80 Å². The molecule has 0 atom stereocenters. The Morgan fingerprint density at radius 2 is 1.67 bits per heavy atom. The molecule has 0 aliphatic carbocycles. The minimum Gasteiger partial charge on any atom is -0.350 e. The van der Waals surface area contributed by atoms with E-state index < -0.39 is 9.84 Å². The van der Waals surface area contributed by atoms with E-state index in [2.05, 4.69) is 5.32 Å². The van der Waals surface area contributed by atoms with Gasteiger partial charge in [0.05, 0.1) is 17.5 Å². The molecule has 0 bridgehead atoms. The summed E-state index contributed by atoms with van der Waals surface area (Å²) in [6.07, 6.45) is 0. The minimum atomic E-state index is -2.96. The Balaban J connectivity index is 1.79. The number of sulfone groups is 1. The fraction of sp³-hybridized carbons (Fsp3) is 0.800. The summed E-state index contributed by atoms with van der Waals surface area (Å²) < 4.78 is 22.5.